The number of aryl methyl sites for hydroxylation is 1. The number of furan rings is 1. The molecular formula is C26H29Cl2NO3. The Morgan fingerprint density at radius 2 is 1.94 bits per heavy atom. The van der Waals surface area contributed by atoms with Gasteiger partial charge in [0.15, 0.2) is 0 Å². The van der Waals surface area contributed by atoms with Crippen molar-refractivity contribution < 1.29 is 13.9 Å². The maximum Gasteiger partial charge on any atom is 0.244 e. The lowest BCUT2D eigenvalue weighted by Gasteiger charge is -2.13. The summed E-state index contributed by atoms with van der Waals surface area (Å²) in [5, 5.41) is 4.99. The van der Waals surface area contributed by atoms with Crippen LogP contribution in [0.15, 0.2) is 41.0 Å². The summed E-state index contributed by atoms with van der Waals surface area (Å²) in [6.45, 7) is 6.71. The van der Waals surface area contributed by atoms with Crippen LogP contribution < -0.4 is 10.1 Å². The molecule has 3 rings (SSSR count). The van der Waals surface area contributed by atoms with E-state index < -0.39 is 0 Å². The van der Waals surface area contributed by atoms with Crippen molar-refractivity contribution in [2.75, 3.05) is 13.7 Å². The number of carbonyl (C=O) groups is 1. The molecule has 0 aliphatic carbocycles. The SMILES string of the molecule is CCCCCCNC(=O)/C=C(\C)c1cc2c(-c3ccc(Cl)cc3Cl)coc2c(C)c1OC. The molecule has 3 aromatic rings. The van der Waals surface area contributed by atoms with Gasteiger partial charge in [-0.15, -0.1) is 0 Å². The van der Waals surface area contributed by atoms with Gasteiger partial charge in [0.25, 0.3) is 0 Å². The van der Waals surface area contributed by atoms with Gasteiger partial charge in [-0.25, -0.2) is 0 Å². The first-order valence-corrected chi connectivity index (χ1v) is 11.6. The Kier molecular flexibility index (Phi) is 8.27. The number of hydrogen-bond acceptors (Lipinski definition) is 3. The highest BCUT2D eigenvalue weighted by molar-refractivity contribution is 6.36. The Labute approximate surface area is 199 Å². The van der Waals surface area contributed by atoms with Crippen LogP contribution in [-0.2, 0) is 4.79 Å². The minimum absolute atomic E-state index is 0.105. The van der Waals surface area contributed by atoms with E-state index >= 15 is 0 Å². The summed E-state index contributed by atoms with van der Waals surface area (Å²) >= 11 is 12.5. The molecule has 0 radical (unpaired) electrons. The molecule has 1 aromatic heterocycles. The smallest absolute Gasteiger partial charge is 0.244 e. The molecule has 0 spiro atoms. The van der Waals surface area contributed by atoms with E-state index in [1.165, 1.54) is 12.8 Å². The molecule has 0 atom stereocenters. The van der Waals surface area contributed by atoms with Crippen LogP contribution in [0, 0.1) is 6.92 Å². The van der Waals surface area contributed by atoms with E-state index in [0.717, 1.165) is 51.6 Å². The third-order valence-electron chi connectivity index (χ3n) is 5.57. The number of fused-ring (bicyclic) bond motifs is 1. The molecule has 1 heterocycles. The highest BCUT2D eigenvalue weighted by atomic mass is 35.5. The first kappa shape index (κ1) is 24.2. The van der Waals surface area contributed by atoms with E-state index in [9.17, 15) is 4.79 Å². The van der Waals surface area contributed by atoms with E-state index in [1.807, 2.05) is 26.0 Å². The molecule has 4 nitrogen and oxygen atoms in total. The summed E-state index contributed by atoms with van der Waals surface area (Å²) in [5.74, 6) is 0.581. The Bertz CT molecular complexity index is 1150. The second kappa shape index (κ2) is 10.9. The maximum absolute atomic E-state index is 12.4. The molecule has 0 unspecified atom stereocenters. The molecule has 170 valence electrons. The number of carbonyl (C=O) groups excluding carboxylic acids is 1. The Balaban J connectivity index is 1.98. The normalized spacial score (nSPS) is 11.8. The fraction of sp³-hybridized carbons (Fsp3) is 0.346. The van der Waals surface area contributed by atoms with Crippen LogP contribution in [0.5, 0.6) is 5.75 Å². The summed E-state index contributed by atoms with van der Waals surface area (Å²) in [6, 6.07) is 7.38. The minimum Gasteiger partial charge on any atom is -0.496 e. The quantitative estimate of drug-likeness (QED) is 0.254. The summed E-state index contributed by atoms with van der Waals surface area (Å²) in [6.07, 6.45) is 7.79. The van der Waals surface area contributed by atoms with E-state index in [-0.39, 0.29) is 5.91 Å². The Morgan fingerprint density at radius 1 is 1.16 bits per heavy atom. The second-order valence-electron chi connectivity index (χ2n) is 7.91. The van der Waals surface area contributed by atoms with Gasteiger partial charge < -0.3 is 14.5 Å². The number of halogens is 2. The molecule has 32 heavy (non-hydrogen) atoms. The van der Waals surface area contributed by atoms with Crippen LogP contribution in [0.4, 0.5) is 0 Å². The van der Waals surface area contributed by atoms with Crippen molar-refractivity contribution in [1.82, 2.24) is 5.32 Å². The molecule has 0 bridgehead atoms. The van der Waals surface area contributed by atoms with Crippen LogP contribution in [0.2, 0.25) is 10.0 Å². The highest BCUT2D eigenvalue weighted by Gasteiger charge is 2.19. The monoisotopic (exact) mass is 473 g/mol. The van der Waals surface area contributed by atoms with Gasteiger partial charge in [0, 0.05) is 45.3 Å². The Morgan fingerprint density at radius 3 is 2.62 bits per heavy atom. The number of rotatable bonds is 9. The van der Waals surface area contributed by atoms with Crippen molar-refractivity contribution >= 4 is 45.7 Å². The number of amides is 1. The zero-order chi connectivity index (χ0) is 23.3. The number of benzene rings is 2. The maximum atomic E-state index is 12.4. The summed E-state index contributed by atoms with van der Waals surface area (Å²) in [4.78, 5) is 12.4. The number of ether oxygens (including phenoxy) is 1. The van der Waals surface area contributed by atoms with Gasteiger partial charge >= 0.3 is 0 Å². The lowest BCUT2D eigenvalue weighted by atomic mass is 9.96. The van der Waals surface area contributed by atoms with E-state index in [1.54, 1.807) is 31.6 Å². The number of hydrogen-bond donors (Lipinski definition) is 1. The lowest BCUT2D eigenvalue weighted by molar-refractivity contribution is -0.116. The summed E-state index contributed by atoms with van der Waals surface area (Å²) < 4.78 is 11.6. The van der Waals surface area contributed by atoms with Crippen molar-refractivity contribution in [2.24, 2.45) is 0 Å². The van der Waals surface area contributed by atoms with Crippen molar-refractivity contribution in [2.45, 2.75) is 46.5 Å². The first-order valence-electron chi connectivity index (χ1n) is 10.9. The largest absolute Gasteiger partial charge is 0.496 e. The van der Waals surface area contributed by atoms with Crippen LogP contribution >= 0.6 is 23.2 Å². The van der Waals surface area contributed by atoms with Crippen molar-refractivity contribution in [3.05, 3.63) is 57.8 Å². The van der Waals surface area contributed by atoms with Gasteiger partial charge in [-0.1, -0.05) is 55.5 Å². The average Bonchev–Trinajstić information content (AvgIpc) is 3.17. The van der Waals surface area contributed by atoms with E-state index in [2.05, 4.69) is 12.2 Å². The Hall–Kier alpha value is -2.43. The van der Waals surface area contributed by atoms with Crippen LogP contribution in [-0.4, -0.2) is 19.6 Å². The van der Waals surface area contributed by atoms with Gasteiger partial charge in [0.2, 0.25) is 5.91 Å². The van der Waals surface area contributed by atoms with Gasteiger partial charge in [-0.2, -0.15) is 0 Å². The molecule has 0 saturated carbocycles. The summed E-state index contributed by atoms with van der Waals surface area (Å²) in [5.41, 5.74) is 4.93. The number of unbranched alkanes of at least 4 members (excludes halogenated alkanes) is 3. The molecule has 2 aromatic carbocycles. The minimum atomic E-state index is -0.105. The average molecular weight is 474 g/mol. The van der Waals surface area contributed by atoms with Crippen molar-refractivity contribution in [1.29, 1.82) is 0 Å². The summed E-state index contributed by atoms with van der Waals surface area (Å²) in [7, 11) is 1.62. The third-order valence-corrected chi connectivity index (χ3v) is 6.12. The molecule has 6 heteroatoms. The zero-order valence-corrected chi connectivity index (χ0v) is 20.5. The van der Waals surface area contributed by atoms with E-state index in [0.29, 0.717) is 22.3 Å². The number of methoxy groups -OCH3 is 1. The zero-order valence-electron chi connectivity index (χ0n) is 19.0. The predicted octanol–water partition coefficient (Wildman–Crippen LogP) is 7.82. The highest BCUT2D eigenvalue weighted by Crippen LogP contribution is 2.42. The molecular weight excluding hydrogens is 445 g/mol. The van der Waals surface area contributed by atoms with Crippen LogP contribution in [0.3, 0.4) is 0 Å². The fourth-order valence-corrected chi connectivity index (χ4v) is 4.39. The molecule has 0 aliphatic heterocycles. The first-order chi connectivity index (χ1) is 15.4. The van der Waals surface area contributed by atoms with E-state index in [4.69, 9.17) is 32.4 Å². The van der Waals surface area contributed by atoms with Gasteiger partial charge in [-0.05, 0) is 44.0 Å². The number of nitrogens with one attached hydrogen (secondary N) is 1. The second-order valence-corrected chi connectivity index (χ2v) is 8.76. The molecule has 1 amide bonds. The fourth-order valence-electron chi connectivity index (χ4n) is 3.88. The van der Waals surface area contributed by atoms with Gasteiger partial charge in [0.05, 0.1) is 18.4 Å². The number of allylic oxidation sites excluding steroid dienone is 1. The molecule has 0 fully saturated rings. The van der Waals surface area contributed by atoms with Crippen molar-refractivity contribution in [3.63, 3.8) is 0 Å². The standard InChI is InChI=1S/C26H29Cl2NO3/c1-5-6-7-8-11-29-24(30)12-16(2)20-14-21-22(19-10-9-18(27)13-23(19)28)15-32-26(21)17(3)25(20)31-4/h9-10,12-15H,5-8,11H2,1-4H3,(H,29,30)/b16-12+. The van der Waals surface area contributed by atoms with Crippen LogP contribution in [0.25, 0.3) is 27.7 Å². The van der Waals surface area contributed by atoms with Gasteiger partial charge in [-0.3, -0.25) is 4.79 Å². The molecule has 0 saturated heterocycles. The topological polar surface area (TPSA) is 51.5 Å². The van der Waals surface area contributed by atoms with Gasteiger partial charge in [0.1, 0.15) is 11.3 Å². The third kappa shape index (κ3) is 5.31. The van der Waals surface area contributed by atoms with Crippen LogP contribution in [0.1, 0.15) is 50.7 Å². The van der Waals surface area contributed by atoms with Crippen molar-refractivity contribution in [3.8, 4) is 16.9 Å². The lowest BCUT2D eigenvalue weighted by Crippen LogP contribution is -2.22. The predicted molar refractivity (Wildman–Crippen MR) is 134 cm³/mol. The molecule has 0 aliphatic rings. The molecule has 1 N–H and O–H groups in total.